The molecule has 0 radical (unpaired) electrons. The molecular formula is C28H25N3O3. The smallest absolute Gasteiger partial charge is 0.342 e. The van der Waals surface area contributed by atoms with E-state index in [0.29, 0.717) is 33.8 Å². The third-order valence-corrected chi connectivity index (χ3v) is 6.16. The van der Waals surface area contributed by atoms with Crippen LogP contribution in [0.5, 0.6) is 0 Å². The number of hydrogen-bond donors (Lipinski definition) is 2. The maximum absolute atomic E-state index is 13.6. The molecule has 0 bridgehead atoms. The third-order valence-electron chi connectivity index (χ3n) is 6.16. The lowest BCUT2D eigenvalue weighted by Gasteiger charge is -2.30. The minimum absolute atomic E-state index is 0.268. The fourth-order valence-corrected chi connectivity index (χ4v) is 4.50. The number of fused-ring (bicyclic) bond motifs is 3. The number of nitrogens with one attached hydrogen (secondary N) is 2. The van der Waals surface area contributed by atoms with Crippen molar-refractivity contribution in [3.8, 4) is 0 Å². The van der Waals surface area contributed by atoms with Crippen LogP contribution in [0.4, 0.5) is 17.1 Å². The largest absolute Gasteiger partial charge is 0.422 e. The second-order valence-corrected chi connectivity index (χ2v) is 8.58. The van der Waals surface area contributed by atoms with Crippen LogP contribution >= 0.6 is 0 Å². The van der Waals surface area contributed by atoms with Crippen molar-refractivity contribution in [1.29, 1.82) is 0 Å². The molecule has 5 rings (SSSR count). The molecule has 1 unspecified atom stereocenters. The zero-order valence-corrected chi connectivity index (χ0v) is 19.3. The molecule has 2 heterocycles. The molecule has 1 atom stereocenters. The Morgan fingerprint density at radius 3 is 2.32 bits per heavy atom. The monoisotopic (exact) mass is 451 g/mol. The molecule has 1 amide bonds. The van der Waals surface area contributed by atoms with Crippen LogP contribution in [0.1, 0.15) is 24.0 Å². The fourth-order valence-electron chi connectivity index (χ4n) is 4.50. The molecular weight excluding hydrogens is 426 g/mol. The first-order chi connectivity index (χ1) is 16.4. The summed E-state index contributed by atoms with van der Waals surface area (Å²) in [5.74, 6) is -0.854. The van der Waals surface area contributed by atoms with Gasteiger partial charge in [-0.05, 0) is 48.9 Å². The number of amides is 1. The highest BCUT2D eigenvalue weighted by atomic mass is 16.4. The fraction of sp³-hybridized carbons (Fsp3) is 0.143. The molecule has 1 aromatic heterocycles. The third kappa shape index (κ3) is 3.73. The van der Waals surface area contributed by atoms with Crippen LogP contribution in [0.2, 0.25) is 0 Å². The summed E-state index contributed by atoms with van der Waals surface area (Å²) < 4.78 is 5.70. The predicted molar refractivity (Wildman–Crippen MR) is 136 cm³/mol. The van der Waals surface area contributed by atoms with Crippen LogP contribution in [0.25, 0.3) is 11.0 Å². The molecule has 1 aliphatic heterocycles. The van der Waals surface area contributed by atoms with E-state index in [0.717, 1.165) is 16.6 Å². The summed E-state index contributed by atoms with van der Waals surface area (Å²) in [7, 11) is 3.94. The minimum Gasteiger partial charge on any atom is -0.422 e. The Balaban J connectivity index is 1.71. The van der Waals surface area contributed by atoms with Gasteiger partial charge in [0.25, 0.3) is 5.91 Å². The Bertz CT molecular complexity index is 1470. The van der Waals surface area contributed by atoms with E-state index in [2.05, 4.69) is 10.6 Å². The summed E-state index contributed by atoms with van der Waals surface area (Å²) in [6, 6.07) is 24.6. The van der Waals surface area contributed by atoms with Gasteiger partial charge in [-0.1, -0.05) is 42.5 Å². The van der Waals surface area contributed by atoms with Crippen molar-refractivity contribution in [2.24, 2.45) is 0 Å². The zero-order chi connectivity index (χ0) is 23.8. The first-order valence-electron chi connectivity index (χ1n) is 11.1. The Morgan fingerprint density at radius 2 is 1.62 bits per heavy atom. The van der Waals surface area contributed by atoms with Crippen molar-refractivity contribution >= 4 is 33.9 Å². The number of anilines is 3. The topological polar surface area (TPSA) is 74.6 Å². The van der Waals surface area contributed by atoms with Crippen LogP contribution in [0.15, 0.2) is 99.3 Å². The van der Waals surface area contributed by atoms with Gasteiger partial charge in [0.05, 0.1) is 17.2 Å². The quantitative estimate of drug-likeness (QED) is 0.410. The van der Waals surface area contributed by atoms with E-state index in [1.165, 1.54) is 0 Å². The van der Waals surface area contributed by atoms with E-state index in [4.69, 9.17) is 4.42 Å². The number of nitrogens with zero attached hydrogens (tertiary/aromatic N) is 1. The maximum Gasteiger partial charge on any atom is 0.342 e. The summed E-state index contributed by atoms with van der Waals surface area (Å²) in [5.41, 5.74) is 4.89. The van der Waals surface area contributed by atoms with E-state index in [1.54, 1.807) is 6.07 Å². The number of carbonyl (C=O) groups excluding carboxylic acids is 1. The van der Waals surface area contributed by atoms with Gasteiger partial charge in [0.1, 0.15) is 5.58 Å². The number of para-hydroxylation sites is 2. The first kappa shape index (κ1) is 21.5. The summed E-state index contributed by atoms with van der Waals surface area (Å²) in [4.78, 5) is 28.9. The number of rotatable bonds is 4. The van der Waals surface area contributed by atoms with Gasteiger partial charge in [-0.3, -0.25) is 4.79 Å². The second kappa shape index (κ2) is 8.56. The molecule has 2 N–H and O–H groups in total. The summed E-state index contributed by atoms with van der Waals surface area (Å²) in [6.45, 7) is 1.87. The SMILES string of the molecule is CC1=C(C(=O)Nc2ccccc2)C(c2ccc(N(C)C)cc2)c2c(c3ccccc3oc2=O)N1. The van der Waals surface area contributed by atoms with Crippen molar-refractivity contribution in [3.63, 3.8) is 0 Å². The molecule has 6 heteroatoms. The van der Waals surface area contributed by atoms with Gasteiger partial charge >= 0.3 is 5.63 Å². The standard InChI is InChI=1S/C28H25N3O3/c1-17-23(27(32)30-19-9-5-4-6-10-19)24(18-13-15-20(16-14-18)31(2)3)25-26(29-17)21-11-7-8-12-22(21)34-28(25)33/h4-16,24,29H,1-3H3,(H,30,32). The lowest BCUT2D eigenvalue weighted by atomic mass is 9.80. The van der Waals surface area contributed by atoms with Crippen molar-refractivity contribution in [2.75, 3.05) is 29.6 Å². The van der Waals surface area contributed by atoms with Gasteiger partial charge in [-0.25, -0.2) is 4.79 Å². The molecule has 0 saturated heterocycles. The maximum atomic E-state index is 13.6. The highest BCUT2D eigenvalue weighted by Crippen LogP contribution is 2.43. The molecule has 6 nitrogen and oxygen atoms in total. The van der Waals surface area contributed by atoms with Crippen LogP contribution in [-0.2, 0) is 4.79 Å². The van der Waals surface area contributed by atoms with Crippen molar-refractivity contribution < 1.29 is 9.21 Å². The average molecular weight is 452 g/mol. The molecule has 34 heavy (non-hydrogen) atoms. The van der Waals surface area contributed by atoms with Crippen LogP contribution in [0, 0.1) is 0 Å². The number of carbonyl (C=O) groups is 1. The van der Waals surface area contributed by atoms with Gasteiger partial charge in [0, 0.05) is 42.1 Å². The molecule has 0 spiro atoms. The highest BCUT2D eigenvalue weighted by Gasteiger charge is 2.36. The average Bonchev–Trinajstić information content (AvgIpc) is 2.84. The van der Waals surface area contributed by atoms with Crippen LogP contribution in [0.3, 0.4) is 0 Å². The van der Waals surface area contributed by atoms with Crippen molar-refractivity contribution in [2.45, 2.75) is 12.8 Å². The number of benzene rings is 3. The summed E-state index contributed by atoms with van der Waals surface area (Å²) >= 11 is 0. The van der Waals surface area contributed by atoms with E-state index in [1.807, 2.05) is 98.7 Å². The lowest BCUT2D eigenvalue weighted by Crippen LogP contribution is -2.30. The zero-order valence-electron chi connectivity index (χ0n) is 19.3. The van der Waals surface area contributed by atoms with Crippen LogP contribution < -0.4 is 21.2 Å². The molecule has 3 aromatic carbocycles. The Kier molecular flexibility index (Phi) is 5.42. The van der Waals surface area contributed by atoms with E-state index < -0.39 is 11.5 Å². The van der Waals surface area contributed by atoms with Crippen molar-refractivity contribution in [1.82, 2.24) is 0 Å². The minimum atomic E-state index is -0.586. The van der Waals surface area contributed by atoms with Gasteiger partial charge < -0.3 is 20.0 Å². The van der Waals surface area contributed by atoms with Gasteiger partial charge in [0.15, 0.2) is 0 Å². The second-order valence-electron chi connectivity index (χ2n) is 8.58. The lowest BCUT2D eigenvalue weighted by molar-refractivity contribution is -0.113. The normalized spacial score (nSPS) is 15.0. The molecule has 1 aliphatic rings. The molecule has 4 aromatic rings. The Morgan fingerprint density at radius 1 is 0.941 bits per heavy atom. The highest BCUT2D eigenvalue weighted by molar-refractivity contribution is 6.08. The predicted octanol–water partition coefficient (Wildman–Crippen LogP) is 5.33. The summed E-state index contributed by atoms with van der Waals surface area (Å²) in [5, 5.41) is 7.12. The van der Waals surface area contributed by atoms with Gasteiger partial charge in [-0.2, -0.15) is 0 Å². The van der Waals surface area contributed by atoms with E-state index in [9.17, 15) is 9.59 Å². The van der Waals surface area contributed by atoms with E-state index in [-0.39, 0.29) is 5.91 Å². The summed E-state index contributed by atoms with van der Waals surface area (Å²) in [6.07, 6.45) is 0. The Hall–Kier alpha value is -4.32. The number of hydrogen-bond acceptors (Lipinski definition) is 5. The van der Waals surface area contributed by atoms with E-state index >= 15 is 0 Å². The Labute approximate surface area is 197 Å². The number of allylic oxidation sites excluding steroid dienone is 1. The molecule has 0 saturated carbocycles. The van der Waals surface area contributed by atoms with Crippen molar-refractivity contribution in [3.05, 3.63) is 112 Å². The van der Waals surface area contributed by atoms with Gasteiger partial charge in [-0.15, -0.1) is 0 Å². The molecule has 0 aliphatic carbocycles. The van der Waals surface area contributed by atoms with Crippen LogP contribution in [-0.4, -0.2) is 20.0 Å². The first-order valence-corrected chi connectivity index (χ1v) is 11.1. The molecule has 0 fully saturated rings. The molecule has 170 valence electrons. The van der Waals surface area contributed by atoms with Gasteiger partial charge in [0.2, 0.25) is 0 Å².